The molecule has 0 spiro atoms. The molecule has 1 saturated heterocycles. The summed E-state index contributed by atoms with van der Waals surface area (Å²) in [6, 6.07) is 10.9. The Kier molecular flexibility index (Phi) is 18.2. The Bertz CT molecular complexity index is 2210. The van der Waals surface area contributed by atoms with E-state index in [1.165, 1.54) is 16.7 Å². The van der Waals surface area contributed by atoms with Gasteiger partial charge in [0, 0.05) is 60.5 Å². The number of ether oxygens (including phenoxy) is 8. The number of anilines is 4. The van der Waals surface area contributed by atoms with Crippen LogP contribution in [0.25, 0.3) is 0 Å². The molecule has 3 heterocycles. The molecule has 348 valence electrons. The van der Waals surface area contributed by atoms with E-state index >= 15 is 0 Å². The average Bonchev–Trinajstić information content (AvgIpc) is 4.08. The number of aromatic nitrogens is 4. The normalized spacial score (nSPS) is 13.1. The fourth-order valence-electron chi connectivity index (χ4n) is 5.13. The van der Waals surface area contributed by atoms with E-state index in [0.29, 0.717) is 41.4 Å². The van der Waals surface area contributed by atoms with Crippen LogP contribution in [-0.2, 0) is 76.3 Å². The summed E-state index contributed by atoms with van der Waals surface area (Å²) in [6.07, 6.45) is 0.995. The molecule has 0 unspecified atom stereocenters. The van der Waals surface area contributed by atoms with Crippen molar-refractivity contribution in [3.05, 3.63) is 42.1 Å². The van der Waals surface area contributed by atoms with E-state index in [1.54, 1.807) is 6.07 Å². The van der Waals surface area contributed by atoms with Gasteiger partial charge in [-0.25, -0.2) is 48.3 Å². The number of esters is 7. The van der Waals surface area contributed by atoms with Crippen molar-refractivity contribution >= 4 is 88.7 Å². The molecule has 5 rings (SSSR count). The molecular formula is C38H42N8O18S. The van der Waals surface area contributed by atoms with Crippen molar-refractivity contribution in [1.29, 1.82) is 0 Å². The maximum absolute atomic E-state index is 12.8. The third-order valence-electron chi connectivity index (χ3n) is 8.44. The standard InChI is InChI=1S/C38H42N8O18S/c1-22-12-27(44-43-22)40-26-13-28(42-37(41-26)65-25-6-4-24(5-7-25)39-36(55)23-2-3-23)45-8-10-46(11-9-45)38(56)63-20-34(53)61-18-32(51)59-16-30(49)57-14-29(48)58-15-31(50)60-17-33(52)62-19-35(54)64-21-47/h4-7,12-13,23,47H,2-3,8-11,14-21H2,1H3,(H,39,55)(H2,40,41,42,43,44). The summed E-state index contributed by atoms with van der Waals surface area (Å²) in [4.78, 5) is 120. The van der Waals surface area contributed by atoms with Crippen LogP contribution in [0.2, 0.25) is 0 Å². The first-order valence-corrected chi connectivity index (χ1v) is 20.2. The van der Waals surface area contributed by atoms with Gasteiger partial charge in [-0.1, -0.05) is 0 Å². The second kappa shape index (κ2) is 24.3. The Balaban J connectivity index is 0.968. The van der Waals surface area contributed by atoms with Gasteiger partial charge in [-0.15, -0.1) is 0 Å². The lowest BCUT2D eigenvalue weighted by atomic mass is 10.3. The fourth-order valence-corrected chi connectivity index (χ4v) is 5.90. The van der Waals surface area contributed by atoms with Crippen LogP contribution in [0, 0.1) is 12.8 Å². The molecule has 2 aromatic heterocycles. The number of rotatable bonds is 22. The predicted molar refractivity (Wildman–Crippen MR) is 215 cm³/mol. The molecule has 0 atom stereocenters. The van der Waals surface area contributed by atoms with Crippen LogP contribution < -0.4 is 15.5 Å². The summed E-state index contributed by atoms with van der Waals surface area (Å²) in [5, 5.41) is 22.0. The summed E-state index contributed by atoms with van der Waals surface area (Å²) >= 11 is 1.32. The van der Waals surface area contributed by atoms with Gasteiger partial charge in [-0.3, -0.25) is 9.89 Å². The van der Waals surface area contributed by atoms with Gasteiger partial charge < -0.3 is 63.4 Å². The molecule has 0 radical (unpaired) electrons. The highest BCUT2D eigenvalue weighted by molar-refractivity contribution is 7.99. The molecule has 0 bridgehead atoms. The zero-order chi connectivity index (χ0) is 46.7. The second-order valence-corrected chi connectivity index (χ2v) is 14.5. The summed E-state index contributed by atoms with van der Waals surface area (Å²) in [5.41, 5.74) is 1.54. The van der Waals surface area contributed by atoms with E-state index in [4.69, 9.17) is 19.6 Å². The van der Waals surface area contributed by atoms with Crippen LogP contribution in [0.4, 0.5) is 27.9 Å². The van der Waals surface area contributed by atoms with Gasteiger partial charge in [0.15, 0.2) is 64.0 Å². The number of aromatic amines is 1. The first-order valence-electron chi connectivity index (χ1n) is 19.4. The van der Waals surface area contributed by atoms with Gasteiger partial charge in [0.2, 0.25) is 5.91 Å². The summed E-state index contributed by atoms with van der Waals surface area (Å²) < 4.78 is 36.4. The molecule has 1 aliphatic heterocycles. The van der Waals surface area contributed by atoms with E-state index < -0.39 is 101 Å². The molecule has 2 aliphatic rings. The van der Waals surface area contributed by atoms with Gasteiger partial charge in [0.05, 0.1) is 0 Å². The number of hydrogen-bond acceptors (Lipinski definition) is 24. The number of H-pyrrole nitrogens is 1. The van der Waals surface area contributed by atoms with Crippen molar-refractivity contribution in [2.45, 2.75) is 29.8 Å². The van der Waals surface area contributed by atoms with Crippen LogP contribution in [0.3, 0.4) is 0 Å². The zero-order valence-corrected chi connectivity index (χ0v) is 35.3. The first kappa shape index (κ1) is 48.5. The Morgan fingerprint density at radius 2 is 1.15 bits per heavy atom. The van der Waals surface area contributed by atoms with Crippen molar-refractivity contribution < 1.29 is 86.2 Å². The Morgan fingerprint density at radius 3 is 1.62 bits per heavy atom. The predicted octanol–water partition coefficient (Wildman–Crippen LogP) is -0.238. The molecule has 2 fully saturated rings. The maximum Gasteiger partial charge on any atom is 0.410 e. The van der Waals surface area contributed by atoms with Gasteiger partial charge in [-0.2, -0.15) is 5.10 Å². The van der Waals surface area contributed by atoms with Crippen molar-refractivity contribution in [2.24, 2.45) is 5.92 Å². The fraction of sp³-hybridized carbons (Fsp3) is 0.421. The largest absolute Gasteiger partial charge is 0.451 e. The van der Waals surface area contributed by atoms with Gasteiger partial charge >= 0.3 is 47.9 Å². The van der Waals surface area contributed by atoms with E-state index in [9.17, 15) is 43.2 Å². The number of aliphatic hydroxyl groups is 1. The van der Waals surface area contributed by atoms with E-state index in [0.717, 1.165) is 23.4 Å². The Hall–Kier alpha value is -7.55. The molecule has 2 amide bonds. The maximum atomic E-state index is 12.8. The van der Waals surface area contributed by atoms with Crippen molar-refractivity contribution in [1.82, 2.24) is 25.1 Å². The smallest absolute Gasteiger partial charge is 0.410 e. The summed E-state index contributed by atoms with van der Waals surface area (Å²) in [5.74, 6) is -6.39. The highest BCUT2D eigenvalue weighted by atomic mass is 32.2. The number of amides is 2. The first-order chi connectivity index (χ1) is 31.2. The average molecular weight is 931 g/mol. The minimum Gasteiger partial charge on any atom is -0.451 e. The Labute approximate surface area is 371 Å². The molecule has 1 aliphatic carbocycles. The van der Waals surface area contributed by atoms with E-state index in [-0.39, 0.29) is 24.9 Å². The van der Waals surface area contributed by atoms with Crippen molar-refractivity contribution in [3.8, 4) is 0 Å². The van der Waals surface area contributed by atoms with Crippen molar-refractivity contribution in [3.63, 3.8) is 0 Å². The lowest BCUT2D eigenvalue weighted by Gasteiger charge is -2.34. The van der Waals surface area contributed by atoms with Gasteiger partial charge in [-0.05, 0) is 55.8 Å². The summed E-state index contributed by atoms with van der Waals surface area (Å²) in [6.45, 7) is -4.51. The number of hydrogen-bond donors (Lipinski definition) is 4. The van der Waals surface area contributed by atoms with E-state index in [1.807, 2.05) is 42.2 Å². The number of aryl methyl sites for hydroxylation is 1. The second-order valence-electron chi connectivity index (χ2n) is 13.5. The molecule has 1 aromatic carbocycles. The summed E-state index contributed by atoms with van der Waals surface area (Å²) in [7, 11) is 0. The number of nitrogens with one attached hydrogen (secondary N) is 3. The third kappa shape index (κ3) is 17.3. The van der Waals surface area contributed by atoms with Crippen LogP contribution in [0.15, 0.2) is 46.5 Å². The number of piperazine rings is 1. The quantitative estimate of drug-likeness (QED) is 0.0437. The number of aliphatic hydroxyl groups excluding tert-OH is 1. The number of nitrogens with zero attached hydrogens (tertiary/aromatic N) is 5. The lowest BCUT2D eigenvalue weighted by molar-refractivity contribution is -0.172. The lowest BCUT2D eigenvalue weighted by Crippen LogP contribution is -2.49. The zero-order valence-electron chi connectivity index (χ0n) is 34.5. The van der Waals surface area contributed by atoms with Gasteiger partial charge in [0.1, 0.15) is 11.6 Å². The highest BCUT2D eigenvalue weighted by Gasteiger charge is 2.30. The number of carbonyl (C=O) groups is 9. The topological polar surface area (TPSA) is 333 Å². The van der Waals surface area contributed by atoms with E-state index in [2.05, 4.69) is 54.2 Å². The molecule has 3 aromatic rings. The molecule has 4 N–H and O–H groups in total. The minimum absolute atomic E-state index is 0.0125. The third-order valence-corrected chi connectivity index (χ3v) is 9.31. The molecule has 1 saturated carbocycles. The molecular weight excluding hydrogens is 889 g/mol. The molecule has 27 heteroatoms. The highest BCUT2D eigenvalue weighted by Crippen LogP contribution is 2.32. The SMILES string of the molecule is Cc1cc(Nc2cc(N3CCN(C(=O)OCC(=O)OCC(=O)OCC(=O)OCC(=O)OCC(=O)OCC(=O)OCC(=O)OCO)CC3)nc(Sc3ccc(NC(=O)C4CC4)cc3)n2)n[nH]1. The van der Waals surface area contributed by atoms with Crippen molar-refractivity contribution in [2.75, 3.05) is 94.8 Å². The molecule has 65 heavy (non-hydrogen) atoms. The number of benzene rings is 1. The molecule has 26 nitrogen and oxygen atoms in total. The van der Waals surface area contributed by atoms with Crippen LogP contribution >= 0.6 is 11.8 Å². The monoisotopic (exact) mass is 930 g/mol. The minimum atomic E-state index is -1.21. The van der Waals surface area contributed by atoms with Crippen LogP contribution in [0.1, 0.15) is 18.5 Å². The number of carbonyl (C=O) groups excluding carboxylic acids is 9. The van der Waals surface area contributed by atoms with Gasteiger partial charge in [0.25, 0.3) is 0 Å². The van der Waals surface area contributed by atoms with Crippen LogP contribution in [0.5, 0.6) is 0 Å². The Morgan fingerprint density at radius 1 is 0.662 bits per heavy atom. The van der Waals surface area contributed by atoms with Crippen LogP contribution in [-0.4, -0.2) is 163 Å².